The normalized spacial score (nSPS) is 18.8. The number of hydrogen-bond acceptors (Lipinski definition) is 4. The second-order valence-electron chi connectivity index (χ2n) is 8.10. The number of carbonyl (C=O) groups excluding carboxylic acids is 1. The summed E-state index contributed by atoms with van der Waals surface area (Å²) in [5, 5.41) is 8.17. The van der Waals surface area contributed by atoms with E-state index >= 15 is 0 Å². The van der Waals surface area contributed by atoms with Gasteiger partial charge in [-0.15, -0.1) is 10.2 Å². The molecule has 1 unspecified atom stereocenters. The third-order valence-corrected chi connectivity index (χ3v) is 6.00. The summed E-state index contributed by atoms with van der Waals surface area (Å²) in [6, 6.07) is 8.17. The van der Waals surface area contributed by atoms with Crippen LogP contribution in [0.2, 0.25) is 0 Å². The first-order chi connectivity index (χ1) is 14.9. The van der Waals surface area contributed by atoms with Crippen LogP contribution in [-0.4, -0.2) is 45.1 Å². The van der Waals surface area contributed by atoms with Crippen molar-refractivity contribution in [2.24, 2.45) is 0 Å². The Morgan fingerprint density at radius 3 is 2.90 bits per heavy atom. The fourth-order valence-corrected chi connectivity index (χ4v) is 4.41. The highest BCUT2D eigenvalue weighted by atomic mass is 19.4. The number of rotatable bonds is 3. The first-order valence-corrected chi connectivity index (χ1v) is 10.3. The van der Waals surface area contributed by atoms with E-state index in [1.807, 2.05) is 18.2 Å². The fraction of sp³-hybridized carbons (Fsp3) is 0.409. The highest BCUT2D eigenvalue weighted by molar-refractivity contribution is 5.79. The maximum absolute atomic E-state index is 13.1. The monoisotopic (exact) mass is 430 g/mol. The van der Waals surface area contributed by atoms with E-state index in [1.165, 1.54) is 10.5 Å². The van der Waals surface area contributed by atoms with E-state index in [1.54, 1.807) is 4.90 Å². The van der Waals surface area contributed by atoms with Gasteiger partial charge in [-0.3, -0.25) is 9.20 Å². The van der Waals surface area contributed by atoms with Gasteiger partial charge in [0.2, 0.25) is 5.91 Å². The lowest BCUT2D eigenvalue weighted by Crippen LogP contribution is -2.40. The number of alkyl halides is 3. The molecule has 3 aromatic rings. The number of halogens is 3. The maximum Gasteiger partial charge on any atom is 0.417 e. The van der Waals surface area contributed by atoms with Crippen LogP contribution in [0.3, 0.4) is 0 Å². The van der Waals surface area contributed by atoms with E-state index in [0.29, 0.717) is 37.6 Å². The van der Waals surface area contributed by atoms with Gasteiger partial charge in [-0.1, -0.05) is 12.1 Å². The number of fused-ring (bicyclic) bond motifs is 2. The molecule has 31 heavy (non-hydrogen) atoms. The van der Waals surface area contributed by atoms with E-state index < -0.39 is 11.7 Å². The molecular formula is C22H21F3N4O2. The molecule has 1 saturated heterocycles. The summed E-state index contributed by atoms with van der Waals surface area (Å²) in [5.41, 5.74) is 1.69. The van der Waals surface area contributed by atoms with Gasteiger partial charge in [0.1, 0.15) is 11.6 Å². The predicted molar refractivity (Wildman–Crippen MR) is 106 cm³/mol. The lowest BCUT2D eigenvalue weighted by atomic mass is 9.96. The quantitative estimate of drug-likeness (QED) is 0.637. The molecule has 1 aromatic carbocycles. The topological polar surface area (TPSA) is 59.7 Å². The molecule has 1 fully saturated rings. The molecule has 0 N–H and O–H groups in total. The van der Waals surface area contributed by atoms with Crippen LogP contribution in [-0.2, 0) is 23.8 Å². The molecule has 0 radical (unpaired) electrons. The van der Waals surface area contributed by atoms with Crippen molar-refractivity contribution in [2.75, 3.05) is 19.7 Å². The Morgan fingerprint density at radius 1 is 1.19 bits per heavy atom. The summed E-state index contributed by atoms with van der Waals surface area (Å²) in [6.45, 7) is 1.72. The average molecular weight is 430 g/mol. The highest BCUT2D eigenvalue weighted by Crippen LogP contribution is 2.32. The second-order valence-corrected chi connectivity index (χ2v) is 8.10. The van der Waals surface area contributed by atoms with Gasteiger partial charge in [-0.25, -0.2) is 0 Å². The number of likely N-dealkylation sites (tertiary alicyclic amines) is 1. The number of aromatic nitrogens is 3. The number of piperidine rings is 1. The van der Waals surface area contributed by atoms with Crippen LogP contribution < -0.4 is 4.74 Å². The van der Waals surface area contributed by atoms with Gasteiger partial charge in [0.25, 0.3) is 0 Å². The summed E-state index contributed by atoms with van der Waals surface area (Å²) in [5.74, 6) is 1.19. The number of pyridine rings is 1. The molecule has 9 heteroatoms. The third kappa shape index (κ3) is 3.84. The third-order valence-electron chi connectivity index (χ3n) is 6.00. The van der Waals surface area contributed by atoms with Gasteiger partial charge in [-0.05, 0) is 42.2 Å². The summed E-state index contributed by atoms with van der Waals surface area (Å²) in [4.78, 5) is 14.7. The minimum atomic E-state index is -4.44. The molecule has 5 rings (SSSR count). The Morgan fingerprint density at radius 2 is 2.06 bits per heavy atom. The molecule has 0 aliphatic carbocycles. The van der Waals surface area contributed by atoms with E-state index in [4.69, 9.17) is 4.74 Å². The van der Waals surface area contributed by atoms with Crippen LogP contribution in [0.15, 0.2) is 36.5 Å². The first-order valence-electron chi connectivity index (χ1n) is 10.3. The number of nitrogens with zero attached hydrogens (tertiary/aromatic N) is 4. The molecule has 4 heterocycles. The van der Waals surface area contributed by atoms with Crippen LogP contribution >= 0.6 is 0 Å². The van der Waals surface area contributed by atoms with E-state index in [0.717, 1.165) is 48.4 Å². The van der Waals surface area contributed by atoms with Gasteiger partial charge < -0.3 is 9.64 Å². The van der Waals surface area contributed by atoms with Crippen LogP contribution in [0.25, 0.3) is 5.65 Å². The molecule has 162 valence electrons. The van der Waals surface area contributed by atoms with Crippen molar-refractivity contribution in [3.63, 3.8) is 0 Å². The van der Waals surface area contributed by atoms with Crippen LogP contribution in [0, 0.1) is 0 Å². The molecule has 2 aromatic heterocycles. The smallest absolute Gasteiger partial charge is 0.417 e. The van der Waals surface area contributed by atoms with Crippen molar-refractivity contribution in [3.05, 3.63) is 59.0 Å². The molecule has 0 spiro atoms. The summed E-state index contributed by atoms with van der Waals surface area (Å²) in [7, 11) is 0. The predicted octanol–water partition coefficient (Wildman–Crippen LogP) is 3.63. The Labute approximate surface area is 176 Å². The van der Waals surface area contributed by atoms with Gasteiger partial charge in [0.15, 0.2) is 5.65 Å². The van der Waals surface area contributed by atoms with Crippen molar-refractivity contribution < 1.29 is 22.7 Å². The number of carbonyl (C=O) groups is 1. The largest absolute Gasteiger partial charge is 0.493 e. The lowest BCUT2D eigenvalue weighted by Gasteiger charge is -2.32. The highest BCUT2D eigenvalue weighted by Gasteiger charge is 2.33. The van der Waals surface area contributed by atoms with Crippen molar-refractivity contribution in [1.29, 1.82) is 0 Å². The van der Waals surface area contributed by atoms with Crippen molar-refractivity contribution in [3.8, 4) is 5.75 Å². The molecule has 0 saturated carbocycles. The SMILES string of the molecule is O=C(Cc1ccc2c(c1)CCO2)N1CCCC(c2nnc3ccc(C(F)(F)F)cn23)C1. The number of ether oxygens (including phenoxy) is 1. The van der Waals surface area contributed by atoms with Gasteiger partial charge in [0, 0.05) is 31.6 Å². The van der Waals surface area contributed by atoms with Crippen LogP contribution in [0.1, 0.15) is 41.3 Å². The van der Waals surface area contributed by atoms with Crippen molar-refractivity contribution in [1.82, 2.24) is 19.5 Å². The second kappa shape index (κ2) is 7.55. The standard InChI is InChI=1S/C22H21F3N4O2/c23-22(24,25)17-4-6-19-26-27-21(29(19)13-17)16-2-1-8-28(12-16)20(30)11-14-3-5-18-15(10-14)7-9-31-18/h3-6,10,13,16H,1-2,7-9,11-12H2. The Bertz CT molecular complexity index is 1140. The Kier molecular flexibility index (Phi) is 4.83. The maximum atomic E-state index is 13.1. The van der Waals surface area contributed by atoms with E-state index in [2.05, 4.69) is 10.2 Å². The van der Waals surface area contributed by atoms with Crippen LogP contribution in [0.5, 0.6) is 5.75 Å². The molecular weight excluding hydrogens is 409 g/mol. The number of hydrogen-bond donors (Lipinski definition) is 0. The van der Waals surface area contributed by atoms with Gasteiger partial charge in [-0.2, -0.15) is 13.2 Å². The molecule has 2 aliphatic rings. The van der Waals surface area contributed by atoms with Crippen LogP contribution in [0.4, 0.5) is 13.2 Å². The zero-order chi connectivity index (χ0) is 21.6. The summed E-state index contributed by atoms with van der Waals surface area (Å²) in [6.07, 6.45) is -0.746. The molecule has 6 nitrogen and oxygen atoms in total. The Balaban J connectivity index is 1.34. The number of amides is 1. The minimum Gasteiger partial charge on any atom is -0.493 e. The Hall–Kier alpha value is -3.10. The lowest BCUT2D eigenvalue weighted by molar-refractivity contribution is -0.137. The minimum absolute atomic E-state index is 0.00775. The van der Waals surface area contributed by atoms with Gasteiger partial charge >= 0.3 is 6.18 Å². The molecule has 2 aliphatic heterocycles. The number of benzene rings is 1. The van der Waals surface area contributed by atoms with E-state index in [9.17, 15) is 18.0 Å². The zero-order valence-electron chi connectivity index (χ0n) is 16.7. The molecule has 0 bridgehead atoms. The van der Waals surface area contributed by atoms with Gasteiger partial charge in [0.05, 0.1) is 18.6 Å². The zero-order valence-corrected chi connectivity index (χ0v) is 16.7. The fourth-order valence-electron chi connectivity index (χ4n) is 4.41. The summed E-state index contributed by atoms with van der Waals surface area (Å²) >= 11 is 0. The average Bonchev–Trinajstić information content (AvgIpc) is 3.39. The van der Waals surface area contributed by atoms with E-state index in [-0.39, 0.29) is 11.8 Å². The molecule has 1 amide bonds. The first kappa shape index (κ1) is 19.8. The van der Waals surface area contributed by atoms with Crippen molar-refractivity contribution >= 4 is 11.6 Å². The van der Waals surface area contributed by atoms with Crippen molar-refractivity contribution in [2.45, 2.75) is 37.8 Å². The molecule has 1 atom stereocenters. The summed E-state index contributed by atoms with van der Waals surface area (Å²) < 4.78 is 46.3.